The highest BCUT2D eigenvalue weighted by atomic mass is 16.2. The number of benzene rings is 1. The van der Waals surface area contributed by atoms with Crippen LogP contribution in [0.5, 0.6) is 0 Å². The zero-order valence-electron chi connectivity index (χ0n) is 12.4. The molecule has 2 aromatic heterocycles. The fourth-order valence-electron chi connectivity index (χ4n) is 2.65. The van der Waals surface area contributed by atoms with Crippen LogP contribution in [-0.2, 0) is 16.1 Å². The lowest BCUT2D eigenvalue weighted by Crippen LogP contribution is -2.44. The van der Waals surface area contributed by atoms with Gasteiger partial charge in [-0.25, -0.2) is 13.9 Å². The Hall–Kier alpha value is -3.49. The number of anilines is 2. The van der Waals surface area contributed by atoms with Gasteiger partial charge in [0.05, 0.1) is 17.6 Å². The van der Waals surface area contributed by atoms with Crippen molar-refractivity contribution in [2.45, 2.75) is 6.54 Å². The number of carbonyl (C=O) groups excluding carboxylic acids is 2. The summed E-state index contributed by atoms with van der Waals surface area (Å²) in [6.45, 7) is -0.359. The summed E-state index contributed by atoms with van der Waals surface area (Å²) in [6, 6.07) is 7.00. The third kappa shape index (κ3) is 2.22. The Balaban J connectivity index is 1.68. The lowest BCUT2D eigenvalue weighted by molar-refractivity contribution is -0.122. The Bertz CT molecular complexity index is 1020. The Kier molecular flexibility index (Phi) is 3.12. The van der Waals surface area contributed by atoms with Crippen molar-refractivity contribution in [3.63, 3.8) is 0 Å². The summed E-state index contributed by atoms with van der Waals surface area (Å²) in [5.41, 5.74) is 1.08. The fourth-order valence-corrected chi connectivity index (χ4v) is 2.65. The van der Waals surface area contributed by atoms with Gasteiger partial charge in [-0.15, -0.1) is 5.10 Å². The van der Waals surface area contributed by atoms with E-state index in [9.17, 15) is 14.4 Å². The maximum atomic E-state index is 12.6. The van der Waals surface area contributed by atoms with Crippen LogP contribution in [0, 0.1) is 0 Å². The minimum atomic E-state index is -0.435. The number of fused-ring (bicyclic) bond motifs is 2. The molecule has 1 N–H and O–H groups in total. The predicted octanol–water partition coefficient (Wildman–Crippen LogP) is -0.124. The number of hydrogen-bond donors (Lipinski definition) is 1. The molecule has 0 radical (unpaired) electrons. The highest BCUT2D eigenvalue weighted by molar-refractivity contribution is 6.09. The highest BCUT2D eigenvalue weighted by Gasteiger charge is 2.27. The molecule has 0 spiro atoms. The second-order valence-corrected chi connectivity index (χ2v) is 5.29. The van der Waals surface area contributed by atoms with E-state index in [1.165, 1.54) is 27.9 Å². The first kappa shape index (κ1) is 14.1. The van der Waals surface area contributed by atoms with Crippen LogP contribution in [0.4, 0.5) is 11.4 Å². The van der Waals surface area contributed by atoms with E-state index in [2.05, 4.69) is 15.4 Å². The average Bonchev–Trinajstić information content (AvgIpc) is 2.90. The molecule has 0 saturated heterocycles. The summed E-state index contributed by atoms with van der Waals surface area (Å²) in [5, 5.41) is 6.79. The van der Waals surface area contributed by atoms with Crippen molar-refractivity contribution in [2.24, 2.45) is 0 Å². The van der Waals surface area contributed by atoms with Crippen molar-refractivity contribution in [1.82, 2.24) is 19.2 Å². The van der Waals surface area contributed by atoms with Crippen molar-refractivity contribution in [1.29, 1.82) is 0 Å². The molecule has 0 fully saturated rings. The number of rotatable bonds is 2. The Morgan fingerprint density at radius 2 is 2.08 bits per heavy atom. The van der Waals surface area contributed by atoms with Crippen molar-refractivity contribution in [2.75, 3.05) is 16.8 Å². The van der Waals surface area contributed by atoms with E-state index in [4.69, 9.17) is 0 Å². The Labute approximate surface area is 135 Å². The second kappa shape index (κ2) is 5.30. The van der Waals surface area contributed by atoms with Crippen LogP contribution < -0.4 is 15.9 Å². The van der Waals surface area contributed by atoms with Gasteiger partial charge in [-0.1, -0.05) is 12.1 Å². The molecule has 24 heavy (non-hydrogen) atoms. The molecule has 9 nitrogen and oxygen atoms in total. The van der Waals surface area contributed by atoms with Gasteiger partial charge in [-0.2, -0.15) is 0 Å². The second-order valence-electron chi connectivity index (χ2n) is 5.29. The van der Waals surface area contributed by atoms with Gasteiger partial charge < -0.3 is 5.32 Å². The van der Waals surface area contributed by atoms with Crippen molar-refractivity contribution >= 4 is 28.8 Å². The molecule has 1 aliphatic heterocycles. The van der Waals surface area contributed by atoms with E-state index in [-0.39, 0.29) is 19.0 Å². The first-order chi connectivity index (χ1) is 11.6. The molecule has 0 saturated carbocycles. The number of hydrogen-bond acceptors (Lipinski definition) is 5. The summed E-state index contributed by atoms with van der Waals surface area (Å²) < 4.78 is 2.37. The minimum Gasteiger partial charge on any atom is -0.323 e. The van der Waals surface area contributed by atoms with E-state index in [1.807, 2.05) is 0 Å². The molecule has 4 rings (SSSR count). The molecule has 1 aliphatic rings. The van der Waals surface area contributed by atoms with Gasteiger partial charge >= 0.3 is 5.69 Å². The standard InChI is InChI=1S/C15H12N6O3/c22-13-8-20(11-4-2-1-3-10(11)17-13)14(23)9-21-15(24)19-6-5-16-7-12(19)18-21/h1-7H,8-9H2,(H,17,22). The van der Waals surface area contributed by atoms with Crippen LogP contribution in [0.1, 0.15) is 0 Å². The topological polar surface area (TPSA) is 102 Å². The SMILES string of the molecule is O=C1CN(C(=O)Cn2nc3cnccn3c2=O)c2ccccc2N1. The molecule has 120 valence electrons. The van der Waals surface area contributed by atoms with Gasteiger partial charge in [-0.3, -0.25) is 19.5 Å². The molecule has 0 aliphatic carbocycles. The van der Waals surface area contributed by atoms with Crippen LogP contribution in [0.15, 0.2) is 47.7 Å². The summed E-state index contributed by atoms with van der Waals surface area (Å²) in [6.07, 6.45) is 4.38. The highest BCUT2D eigenvalue weighted by Crippen LogP contribution is 2.28. The molecule has 2 amide bonds. The molecule has 1 aromatic carbocycles. The monoisotopic (exact) mass is 324 g/mol. The van der Waals surface area contributed by atoms with Crippen molar-refractivity contribution in [3.05, 3.63) is 53.3 Å². The van der Waals surface area contributed by atoms with Gasteiger partial charge in [0.15, 0.2) is 5.65 Å². The van der Waals surface area contributed by atoms with Gasteiger partial charge in [0, 0.05) is 12.4 Å². The molecule has 0 bridgehead atoms. The van der Waals surface area contributed by atoms with E-state index >= 15 is 0 Å². The molecule has 0 unspecified atom stereocenters. The van der Waals surface area contributed by atoms with Gasteiger partial charge in [-0.05, 0) is 12.1 Å². The first-order valence-corrected chi connectivity index (χ1v) is 7.22. The van der Waals surface area contributed by atoms with E-state index in [0.29, 0.717) is 17.0 Å². The van der Waals surface area contributed by atoms with Gasteiger partial charge in [0.2, 0.25) is 11.8 Å². The predicted molar refractivity (Wildman–Crippen MR) is 84.7 cm³/mol. The molecular weight excluding hydrogens is 312 g/mol. The average molecular weight is 324 g/mol. The zero-order valence-corrected chi connectivity index (χ0v) is 12.4. The molecule has 3 aromatic rings. The Morgan fingerprint density at radius 1 is 1.25 bits per heavy atom. The third-order valence-electron chi connectivity index (χ3n) is 3.75. The fraction of sp³-hybridized carbons (Fsp3) is 0.133. The zero-order chi connectivity index (χ0) is 16.7. The van der Waals surface area contributed by atoms with Crippen molar-refractivity contribution < 1.29 is 9.59 Å². The number of nitrogens with zero attached hydrogens (tertiary/aromatic N) is 5. The lowest BCUT2D eigenvalue weighted by atomic mass is 10.2. The number of para-hydroxylation sites is 2. The van der Waals surface area contributed by atoms with E-state index < -0.39 is 11.6 Å². The van der Waals surface area contributed by atoms with Crippen molar-refractivity contribution in [3.8, 4) is 0 Å². The maximum absolute atomic E-state index is 12.6. The summed E-state index contributed by atoms with van der Waals surface area (Å²) >= 11 is 0. The summed E-state index contributed by atoms with van der Waals surface area (Å²) in [7, 11) is 0. The lowest BCUT2D eigenvalue weighted by Gasteiger charge is -2.28. The normalized spacial score (nSPS) is 13.7. The number of aromatic nitrogens is 4. The first-order valence-electron chi connectivity index (χ1n) is 7.22. The molecule has 0 atom stereocenters. The van der Waals surface area contributed by atoms with Crippen LogP contribution in [0.25, 0.3) is 5.65 Å². The molecular formula is C15H12N6O3. The van der Waals surface area contributed by atoms with E-state index in [1.54, 1.807) is 24.3 Å². The summed E-state index contributed by atoms with van der Waals surface area (Å²) in [4.78, 5) is 41.9. The largest absolute Gasteiger partial charge is 0.350 e. The molecule has 3 heterocycles. The third-order valence-corrected chi connectivity index (χ3v) is 3.75. The van der Waals surface area contributed by atoms with Crippen LogP contribution >= 0.6 is 0 Å². The number of carbonyl (C=O) groups is 2. The number of amides is 2. The van der Waals surface area contributed by atoms with Crippen LogP contribution in [0.3, 0.4) is 0 Å². The number of nitrogens with one attached hydrogen (secondary N) is 1. The van der Waals surface area contributed by atoms with Crippen LogP contribution in [-0.4, -0.2) is 37.5 Å². The van der Waals surface area contributed by atoms with Crippen LogP contribution in [0.2, 0.25) is 0 Å². The van der Waals surface area contributed by atoms with Gasteiger partial charge in [0.1, 0.15) is 13.1 Å². The maximum Gasteiger partial charge on any atom is 0.350 e. The quantitative estimate of drug-likeness (QED) is 0.708. The summed E-state index contributed by atoms with van der Waals surface area (Å²) in [5.74, 6) is -0.677. The van der Waals surface area contributed by atoms with Gasteiger partial charge in [0.25, 0.3) is 0 Å². The molecule has 9 heteroatoms. The minimum absolute atomic E-state index is 0.0977. The van der Waals surface area contributed by atoms with E-state index in [0.717, 1.165) is 4.68 Å². The Morgan fingerprint density at radius 3 is 2.92 bits per heavy atom. The smallest absolute Gasteiger partial charge is 0.323 e.